The quantitative estimate of drug-likeness (QED) is 0.519. The number of nitrogens with zero attached hydrogens (tertiary/aromatic N) is 1. The summed E-state index contributed by atoms with van der Waals surface area (Å²) in [6.45, 7) is 4.45. The summed E-state index contributed by atoms with van der Waals surface area (Å²) in [4.78, 5) is 2.27. The molecule has 0 aliphatic rings. The van der Waals surface area contributed by atoms with E-state index in [2.05, 4.69) is 25.9 Å². The fourth-order valence-corrected chi connectivity index (χ4v) is 1.87. The van der Waals surface area contributed by atoms with Gasteiger partial charge in [0.15, 0.2) is 0 Å². The zero-order valence-electron chi connectivity index (χ0n) is 11.1. The molecule has 0 unspecified atom stereocenters. The second kappa shape index (κ2) is 10.4. The predicted molar refractivity (Wildman–Crippen MR) is 67.3 cm³/mol. The average molecular weight is 215 g/mol. The molecule has 0 aromatic rings. The summed E-state index contributed by atoms with van der Waals surface area (Å²) in [5.41, 5.74) is 0. The van der Waals surface area contributed by atoms with Crippen molar-refractivity contribution in [3.63, 3.8) is 0 Å². The second-order valence-corrected chi connectivity index (χ2v) is 4.71. The van der Waals surface area contributed by atoms with E-state index in [1.807, 2.05) is 0 Å². The molecule has 0 saturated heterocycles. The highest BCUT2D eigenvalue weighted by molar-refractivity contribution is 4.58. The summed E-state index contributed by atoms with van der Waals surface area (Å²) in [7, 11) is 6.09. The first-order chi connectivity index (χ1) is 7.20. The van der Waals surface area contributed by atoms with Crippen molar-refractivity contribution >= 4 is 0 Å². The molecule has 0 N–H and O–H groups in total. The maximum Gasteiger partial charge on any atom is 0.0464 e. The van der Waals surface area contributed by atoms with Crippen molar-refractivity contribution in [3.8, 4) is 0 Å². The van der Waals surface area contributed by atoms with Gasteiger partial charge < -0.3 is 9.64 Å². The molecule has 0 saturated carbocycles. The highest BCUT2D eigenvalue weighted by Crippen LogP contribution is 2.17. The Bertz CT molecular complexity index is 126. The third-order valence-corrected chi connectivity index (χ3v) is 3.03. The monoisotopic (exact) mass is 215 g/mol. The molecule has 2 nitrogen and oxygen atoms in total. The average Bonchev–Trinajstić information content (AvgIpc) is 2.21. The Kier molecular flexibility index (Phi) is 10.4. The van der Waals surface area contributed by atoms with Crippen LogP contribution in [0.2, 0.25) is 0 Å². The molecule has 1 atom stereocenters. The lowest BCUT2D eigenvalue weighted by molar-refractivity contribution is 0.173. The lowest BCUT2D eigenvalue weighted by Crippen LogP contribution is -2.12. The van der Waals surface area contributed by atoms with Crippen LogP contribution in [0.5, 0.6) is 0 Å². The number of ether oxygens (including phenoxy) is 1. The van der Waals surface area contributed by atoms with Crippen molar-refractivity contribution in [3.05, 3.63) is 0 Å². The summed E-state index contributed by atoms with van der Waals surface area (Å²) in [6.07, 6.45) is 8.02. The van der Waals surface area contributed by atoms with E-state index in [-0.39, 0.29) is 0 Å². The van der Waals surface area contributed by atoms with Gasteiger partial charge in [-0.05, 0) is 39.4 Å². The molecule has 0 spiro atoms. The third kappa shape index (κ3) is 10.2. The summed E-state index contributed by atoms with van der Waals surface area (Å²) in [5.74, 6) is 0.879. The molecule has 0 amide bonds. The molecule has 0 radical (unpaired) electrons. The first-order valence-electron chi connectivity index (χ1n) is 6.34. The van der Waals surface area contributed by atoms with E-state index in [1.54, 1.807) is 7.11 Å². The van der Waals surface area contributed by atoms with E-state index < -0.39 is 0 Å². The van der Waals surface area contributed by atoms with Crippen LogP contribution in [0.4, 0.5) is 0 Å². The molecular weight excluding hydrogens is 186 g/mol. The van der Waals surface area contributed by atoms with E-state index in [0.717, 1.165) is 12.5 Å². The number of hydrogen-bond donors (Lipinski definition) is 0. The Balaban J connectivity index is 3.30. The van der Waals surface area contributed by atoms with Crippen molar-refractivity contribution in [1.29, 1.82) is 0 Å². The van der Waals surface area contributed by atoms with E-state index >= 15 is 0 Å². The summed E-state index contributed by atoms with van der Waals surface area (Å²) in [6, 6.07) is 0. The van der Waals surface area contributed by atoms with Gasteiger partial charge in [-0.2, -0.15) is 0 Å². The Labute approximate surface area is 96.0 Å². The van der Waals surface area contributed by atoms with Gasteiger partial charge >= 0.3 is 0 Å². The highest BCUT2D eigenvalue weighted by Gasteiger charge is 2.05. The van der Waals surface area contributed by atoms with E-state index in [0.29, 0.717) is 0 Å². The van der Waals surface area contributed by atoms with Gasteiger partial charge in [0, 0.05) is 13.7 Å². The van der Waals surface area contributed by atoms with Gasteiger partial charge in [-0.25, -0.2) is 0 Å². The minimum atomic E-state index is 0.879. The van der Waals surface area contributed by atoms with Crippen molar-refractivity contribution in [2.24, 2.45) is 5.92 Å². The van der Waals surface area contributed by atoms with Gasteiger partial charge in [-0.3, -0.25) is 0 Å². The molecule has 2 heteroatoms. The third-order valence-electron chi connectivity index (χ3n) is 3.03. The molecule has 0 aromatic carbocycles. The van der Waals surface area contributed by atoms with E-state index in [1.165, 1.54) is 45.1 Å². The maximum absolute atomic E-state index is 5.13. The zero-order chi connectivity index (χ0) is 11.5. The van der Waals surface area contributed by atoms with Crippen LogP contribution in [-0.2, 0) is 4.74 Å². The Morgan fingerprint density at radius 1 is 1.07 bits per heavy atom. The fourth-order valence-electron chi connectivity index (χ4n) is 1.87. The normalized spacial score (nSPS) is 13.4. The molecule has 0 bridgehead atoms. The highest BCUT2D eigenvalue weighted by atomic mass is 16.5. The van der Waals surface area contributed by atoms with E-state index in [9.17, 15) is 0 Å². The minimum Gasteiger partial charge on any atom is -0.385 e. The molecule has 0 aliphatic carbocycles. The first kappa shape index (κ1) is 14.9. The van der Waals surface area contributed by atoms with Gasteiger partial charge in [-0.1, -0.05) is 32.6 Å². The largest absolute Gasteiger partial charge is 0.385 e. The summed E-state index contributed by atoms with van der Waals surface area (Å²) < 4.78 is 5.13. The molecular formula is C13H29NO. The Morgan fingerprint density at radius 3 is 2.33 bits per heavy atom. The maximum atomic E-state index is 5.13. The topological polar surface area (TPSA) is 12.5 Å². The Hall–Kier alpha value is -0.0800. The number of unbranched alkanes of at least 4 members (excludes halogenated alkanes) is 2. The van der Waals surface area contributed by atoms with Crippen molar-refractivity contribution in [2.45, 2.75) is 45.4 Å². The SMILES string of the molecule is CC[C@H](CCCCCN(C)C)CCOC. The second-order valence-electron chi connectivity index (χ2n) is 4.71. The summed E-state index contributed by atoms with van der Waals surface area (Å²) >= 11 is 0. The van der Waals surface area contributed by atoms with Crippen LogP contribution in [0, 0.1) is 5.92 Å². The van der Waals surface area contributed by atoms with Crippen molar-refractivity contribution in [2.75, 3.05) is 34.4 Å². The van der Waals surface area contributed by atoms with Crippen molar-refractivity contribution < 1.29 is 4.74 Å². The Morgan fingerprint density at radius 2 is 1.80 bits per heavy atom. The van der Waals surface area contributed by atoms with Gasteiger partial charge in [0.05, 0.1) is 0 Å². The zero-order valence-corrected chi connectivity index (χ0v) is 11.1. The molecule has 92 valence electrons. The summed E-state index contributed by atoms with van der Waals surface area (Å²) in [5, 5.41) is 0. The van der Waals surface area contributed by atoms with Crippen LogP contribution in [-0.4, -0.2) is 39.3 Å². The van der Waals surface area contributed by atoms with Crippen LogP contribution in [0.3, 0.4) is 0 Å². The fraction of sp³-hybridized carbons (Fsp3) is 1.00. The van der Waals surface area contributed by atoms with Gasteiger partial charge in [0.25, 0.3) is 0 Å². The van der Waals surface area contributed by atoms with Crippen LogP contribution >= 0.6 is 0 Å². The molecule has 0 aromatic heterocycles. The van der Waals surface area contributed by atoms with E-state index in [4.69, 9.17) is 4.74 Å². The lowest BCUT2D eigenvalue weighted by Gasteiger charge is -2.14. The van der Waals surface area contributed by atoms with Crippen LogP contribution in [0.1, 0.15) is 45.4 Å². The molecule has 0 aliphatic heterocycles. The molecule has 15 heavy (non-hydrogen) atoms. The number of rotatable bonds is 10. The molecule has 0 rings (SSSR count). The number of methoxy groups -OCH3 is 1. The minimum absolute atomic E-state index is 0.879. The first-order valence-corrected chi connectivity index (χ1v) is 6.34. The van der Waals surface area contributed by atoms with Crippen LogP contribution < -0.4 is 0 Å². The van der Waals surface area contributed by atoms with Crippen LogP contribution in [0.15, 0.2) is 0 Å². The molecule has 0 fully saturated rings. The van der Waals surface area contributed by atoms with Gasteiger partial charge in [0.1, 0.15) is 0 Å². The standard InChI is InChI=1S/C13H29NO/c1-5-13(10-12-15-4)9-7-6-8-11-14(2)3/h13H,5-12H2,1-4H3/t13-/m1/s1. The number of hydrogen-bond acceptors (Lipinski definition) is 2. The van der Waals surface area contributed by atoms with Crippen LogP contribution in [0.25, 0.3) is 0 Å². The van der Waals surface area contributed by atoms with Crippen molar-refractivity contribution in [1.82, 2.24) is 4.90 Å². The lowest BCUT2D eigenvalue weighted by atomic mass is 9.95. The van der Waals surface area contributed by atoms with Gasteiger partial charge in [-0.15, -0.1) is 0 Å². The van der Waals surface area contributed by atoms with Gasteiger partial charge in [0.2, 0.25) is 0 Å². The smallest absolute Gasteiger partial charge is 0.0464 e. The molecule has 0 heterocycles. The predicted octanol–water partition coefficient (Wildman–Crippen LogP) is 3.17.